The summed E-state index contributed by atoms with van der Waals surface area (Å²) >= 11 is 12.5. The smallest absolute Gasteiger partial charge is 0.335 e. The number of nitrogens with zero attached hydrogens (tertiary/aromatic N) is 2. The Bertz CT molecular complexity index is 1610. The average molecular weight is 599 g/mol. The fourth-order valence-electron chi connectivity index (χ4n) is 3.77. The van der Waals surface area contributed by atoms with Crippen molar-refractivity contribution in [2.24, 2.45) is 0 Å². The molecule has 1 heterocycles. The molecule has 0 saturated carbocycles. The number of carbonyl (C=O) groups is 4. The average Bonchev–Trinajstić information content (AvgIpc) is 2.92. The van der Waals surface area contributed by atoms with Gasteiger partial charge in [-0.3, -0.25) is 29.8 Å². The number of nitro benzene ring substituents is 1. The Balaban J connectivity index is 1.60. The second-order valence-corrected chi connectivity index (χ2v) is 9.13. The van der Waals surface area contributed by atoms with E-state index in [0.717, 1.165) is 6.07 Å². The van der Waals surface area contributed by atoms with Crippen molar-refractivity contribution in [2.75, 3.05) is 23.4 Å². The molecule has 5 amide bonds. The molecule has 1 aliphatic rings. The molecule has 1 saturated heterocycles. The van der Waals surface area contributed by atoms with Crippen LogP contribution in [0, 0.1) is 10.1 Å². The number of imide groups is 2. The van der Waals surface area contributed by atoms with Crippen molar-refractivity contribution in [3.8, 4) is 11.5 Å². The molecule has 0 atom stereocenters. The first-order valence-corrected chi connectivity index (χ1v) is 12.6. The van der Waals surface area contributed by atoms with Crippen molar-refractivity contribution in [3.63, 3.8) is 0 Å². The normalized spacial score (nSPS) is 14.1. The number of amides is 5. The molecule has 4 rings (SSSR count). The minimum absolute atomic E-state index is 0.00336. The van der Waals surface area contributed by atoms with E-state index in [4.69, 9.17) is 32.7 Å². The summed E-state index contributed by atoms with van der Waals surface area (Å²) in [5.41, 5.74) is -0.267. The topological polar surface area (TPSA) is 157 Å². The monoisotopic (exact) mass is 598 g/mol. The van der Waals surface area contributed by atoms with E-state index < -0.39 is 40.9 Å². The van der Waals surface area contributed by atoms with Gasteiger partial charge in [0.1, 0.15) is 5.57 Å². The molecule has 14 heteroatoms. The lowest BCUT2D eigenvalue weighted by Crippen LogP contribution is -2.54. The quantitative estimate of drug-likeness (QED) is 0.151. The molecular formula is C27H20Cl2N4O8. The molecule has 0 radical (unpaired) electrons. The zero-order valence-corrected chi connectivity index (χ0v) is 22.7. The van der Waals surface area contributed by atoms with E-state index in [1.54, 1.807) is 31.2 Å². The van der Waals surface area contributed by atoms with E-state index in [-0.39, 0.29) is 40.1 Å². The van der Waals surface area contributed by atoms with Crippen LogP contribution in [-0.4, -0.2) is 41.9 Å². The molecule has 12 nitrogen and oxygen atoms in total. The Kier molecular flexibility index (Phi) is 8.85. The van der Waals surface area contributed by atoms with Gasteiger partial charge in [0.2, 0.25) is 0 Å². The highest BCUT2D eigenvalue weighted by molar-refractivity contribution is 6.39. The number of benzene rings is 3. The Hall–Kier alpha value is -4.94. The summed E-state index contributed by atoms with van der Waals surface area (Å²) in [5.74, 6) is -2.35. The van der Waals surface area contributed by atoms with E-state index >= 15 is 0 Å². The number of ether oxygens (including phenoxy) is 2. The van der Waals surface area contributed by atoms with Crippen molar-refractivity contribution in [3.05, 3.63) is 92.0 Å². The summed E-state index contributed by atoms with van der Waals surface area (Å²) in [5, 5.41) is 16.2. The van der Waals surface area contributed by atoms with Crippen LogP contribution in [0.3, 0.4) is 0 Å². The van der Waals surface area contributed by atoms with Crippen LogP contribution in [0.5, 0.6) is 11.5 Å². The van der Waals surface area contributed by atoms with E-state index in [1.807, 2.05) is 5.32 Å². The number of para-hydroxylation sites is 1. The van der Waals surface area contributed by atoms with Gasteiger partial charge in [0.15, 0.2) is 18.1 Å². The van der Waals surface area contributed by atoms with E-state index in [1.165, 1.54) is 36.4 Å². The molecule has 210 valence electrons. The van der Waals surface area contributed by atoms with E-state index in [0.29, 0.717) is 15.6 Å². The fourth-order valence-corrected chi connectivity index (χ4v) is 4.22. The lowest BCUT2D eigenvalue weighted by molar-refractivity contribution is -0.384. The van der Waals surface area contributed by atoms with Gasteiger partial charge in [-0.2, -0.15) is 0 Å². The van der Waals surface area contributed by atoms with E-state index in [9.17, 15) is 29.3 Å². The van der Waals surface area contributed by atoms with Crippen LogP contribution in [0.4, 0.5) is 21.9 Å². The van der Waals surface area contributed by atoms with Crippen molar-refractivity contribution < 1.29 is 33.6 Å². The van der Waals surface area contributed by atoms with Crippen LogP contribution in [0.1, 0.15) is 12.5 Å². The maximum atomic E-state index is 13.2. The van der Waals surface area contributed by atoms with Crippen LogP contribution >= 0.6 is 23.2 Å². The molecule has 2 N–H and O–H groups in total. The highest BCUT2D eigenvalue weighted by atomic mass is 35.5. The van der Waals surface area contributed by atoms with Crippen LogP contribution in [0.15, 0.2) is 66.2 Å². The summed E-state index contributed by atoms with van der Waals surface area (Å²) in [6, 6.07) is 13.2. The second-order valence-electron chi connectivity index (χ2n) is 8.31. The number of rotatable bonds is 9. The SMILES string of the molecule is CCOc1cc(/C=C2/C(=O)NC(=O)N(c3cccc([N+](=O)[O-])c3)C2=O)cc(Cl)c1OCC(=O)Nc1ccccc1Cl. The number of anilines is 2. The third-order valence-electron chi connectivity index (χ3n) is 5.54. The summed E-state index contributed by atoms with van der Waals surface area (Å²) in [6.45, 7) is 1.45. The molecule has 3 aromatic rings. The van der Waals surface area contributed by atoms with Crippen molar-refractivity contribution in [2.45, 2.75) is 6.92 Å². The van der Waals surface area contributed by atoms with Crippen LogP contribution in [0.2, 0.25) is 10.0 Å². The standard InChI is InChI=1S/C27H20Cl2N4O8/c1-2-40-22-12-15(11-20(29)24(22)41-14-23(34)30-21-9-4-3-8-19(21)28)10-18-25(35)31-27(37)32(26(18)36)16-6-5-7-17(13-16)33(38)39/h3-13H,2,14H2,1H3,(H,30,34)(H,31,35,37)/b18-10-. The molecule has 0 spiro atoms. The van der Waals surface area contributed by atoms with Crippen molar-refractivity contribution in [1.29, 1.82) is 0 Å². The molecule has 41 heavy (non-hydrogen) atoms. The number of halogens is 2. The minimum Gasteiger partial charge on any atom is -0.490 e. The van der Waals surface area contributed by atoms with Gasteiger partial charge in [0, 0.05) is 12.1 Å². The minimum atomic E-state index is -1.07. The maximum Gasteiger partial charge on any atom is 0.335 e. The summed E-state index contributed by atoms with van der Waals surface area (Å²) in [7, 11) is 0. The second kappa shape index (κ2) is 12.5. The number of nitrogens with one attached hydrogen (secondary N) is 2. The van der Waals surface area contributed by atoms with Crippen LogP contribution < -0.4 is 25.0 Å². The van der Waals surface area contributed by atoms with Gasteiger partial charge in [-0.25, -0.2) is 9.69 Å². The summed E-state index contributed by atoms with van der Waals surface area (Å²) < 4.78 is 11.2. The molecule has 1 aliphatic heterocycles. The highest BCUT2D eigenvalue weighted by Gasteiger charge is 2.37. The first kappa shape index (κ1) is 29.1. The number of urea groups is 1. The lowest BCUT2D eigenvalue weighted by Gasteiger charge is -2.26. The van der Waals surface area contributed by atoms with Gasteiger partial charge in [0.25, 0.3) is 23.4 Å². The number of hydrogen-bond donors (Lipinski definition) is 2. The summed E-state index contributed by atoms with van der Waals surface area (Å²) in [6.07, 6.45) is 1.18. The number of nitro groups is 1. The number of carbonyl (C=O) groups excluding carboxylic acids is 4. The predicted octanol–water partition coefficient (Wildman–Crippen LogP) is 4.98. The zero-order chi connectivity index (χ0) is 29.7. The molecule has 0 unspecified atom stereocenters. The molecule has 1 fully saturated rings. The molecule has 3 aromatic carbocycles. The number of hydrogen-bond acceptors (Lipinski definition) is 8. The zero-order valence-electron chi connectivity index (χ0n) is 21.2. The Labute approximate surface area is 242 Å². The van der Waals surface area contributed by atoms with Gasteiger partial charge < -0.3 is 14.8 Å². The van der Waals surface area contributed by atoms with Gasteiger partial charge >= 0.3 is 6.03 Å². The van der Waals surface area contributed by atoms with Gasteiger partial charge in [-0.15, -0.1) is 0 Å². The van der Waals surface area contributed by atoms with Crippen molar-refractivity contribution in [1.82, 2.24) is 5.32 Å². The Morgan fingerprint density at radius 1 is 1.05 bits per heavy atom. The third-order valence-corrected chi connectivity index (χ3v) is 6.15. The summed E-state index contributed by atoms with van der Waals surface area (Å²) in [4.78, 5) is 61.8. The molecule has 0 aliphatic carbocycles. The Morgan fingerprint density at radius 3 is 2.51 bits per heavy atom. The predicted molar refractivity (Wildman–Crippen MR) is 150 cm³/mol. The lowest BCUT2D eigenvalue weighted by atomic mass is 10.1. The van der Waals surface area contributed by atoms with E-state index in [2.05, 4.69) is 5.32 Å². The first-order chi connectivity index (χ1) is 19.6. The van der Waals surface area contributed by atoms with Gasteiger partial charge in [0.05, 0.1) is 33.0 Å². The number of barbiturate groups is 1. The van der Waals surface area contributed by atoms with Crippen molar-refractivity contribution >= 4 is 70.1 Å². The van der Waals surface area contributed by atoms with Gasteiger partial charge in [-0.1, -0.05) is 41.4 Å². The van der Waals surface area contributed by atoms with Gasteiger partial charge in [-0.05, 0) is 48.9 Å². The first-order valence-electron chi connectivity index (χ1n) is 11.9. The number of non-ortho nitro benzene ring substituents is 1. The Morgan fingerprint density at radius 2 is 1.80 bits per heavy atom. The fraction of sp³-hybridized carbons (Fsp3) is 0.111. The molecule has 0 aromatic heterocycles. The van der Waals surface area contributed by atoms with Crippen LogP contribution in [-0.2, 0) is 14.4 Å². The molecular weight excluding hydrogens is 579 g/mol. The maximum absolute atomic E-state index is 13.2. The largest absolute Gasteiger partial charge is 0.490 e. The van der Waals surface area contributed by atoms with Crippen LogP contribution in [0.25, 0.3) is 6.08 Å². The third kappa shape index (κ3) is 6.62. The highest BCUT2D eigenvalue weighted by Crippen LogP contribution is 2.38. The molecule has 0 bridgehead atoms.